The molecule has 0 saturated carbocycles. The molecule has 0 aliphatic carbocycles. The number of amides is 2. The van der Waals surface area contributed by atoms with Gasteiger partial charge in [-0.05, 0) is 30.2 Å². The van der Waals surface area contributed by atoms with Crippen molar-refractivity contribution in [3.63, 3.8) is 0 Å². The molecular formula is C21H22N6O4. The average Bonchev–Trinajstić information content (AvgIpc) is 3.28. The van der Waals surface area contributed by atoms with Gasteiger partial charge in [-0.3, -0.25) is 23.7 Å². The second kappa shape index (κ2) is 8.84. The van der Waals surface area contributed by atoms with Gasteiger partial charge in [-0.15, -0.1) is 0 Å². The summed E-state index contributed by atoms with van der Waals surface area (Å²) in [7, 11) is 0. The van der Waals surface area contributed by atoms with Crippen LogP contribution in [0.2, 0.25) is 0 Å². The van der Waals surface area contributed by atoms with Crippen molar-refractivity contribution < 1.29 is 14.4 Å². The summed E-state index contributed by atoms with van der Waals surface area (Å²) in [6.07, 6.45) is 5.35. The maximum Gasteiger partial charge on any atom is 0.270 e. The van der Waals surface area contributed by atoms with Crippen LogP contribution in [0.4, 0.5) is 5.69 Å². The standard InChI is InChI=1S/C21H22N6O4/c1-12(2)17(22)21(31)27(13(3)28)15-6-4-14(5-7-15)18-24-10-16(19(29)25-18)20(30)26-9-8-23-11-26/h4-12,17H,22H2,1-3H3,(H,24,25,29)/t17-/m1/s1. The van der Waals surface area contributed by atoms with Gasteiger partial charge in [-0.1, -0.05) is 13.8 Å². The quantitative estimate of drug-likeness (QED) is 0.628. The SMILES string of the molecule is CC(=O)N(C(=O)[C@H](N)C(C)C)c1ccc(-c2ncc(C(=O)n3ccnc3)c(=O)[nH]2)cc1. The Morgan fingerprint density at radius 2 is 1.84 bits per heavy atom. The summed E-state index contributed by atoms with van der Waals surface area (Å²) in [5.41, 5.74) is 6.08. The second-order valence-electron chi connectivity index (χ2n) is 7.26. The Morgan fingerprint density at radius 1 is 1.16 bits per heavy atom. The minimum absolute atomic E-state index is 0.130. The van der Waals surface area contributed by atoms with Gasteiger partial charge in [0.25, 0.3) is 17.4 Å². The fourth-order valence-corrected chi connectivity index (χ4v) is 2.88. The van der Waals surface area contributed by atoms with E-state index in [1.165, 1.54) is 36.4 Å². The summed E-state index contributed by atoms with van der Waals surface area (Å²) in [5.74, 6) is -1.40. The van der Waals surface area contributed by atoms with Gasteiger partial charge >= 0.3 is 0 Å². The Bertz CT molecular complexity index is 1170. The van der Waals surface area contributed by atoms with Crippen LogP contribution in [0, 0.1) is 5.92 Å². The third-order valence-corrected chi connectivity index (χ3v) is 4.71. The van der Waals surface area contributed by atoms with Crippen LogP contribution in [-0.4, -0.2) is 43.3 Å². The number of nitrogens with zero attached hydrogens (tertiary/aromatic N) is 4. The molecule has 0 radical (unpaired) electrons. The molecule has 10 heteroatoms. The molecule has 0 saturated heterocycles. The topological polar surface area (TPSA) is 144 Å². The molecule has 3 N–H and O–H groups in total. The number of carbonyl (C=O) groups excluding carboxylic acids is 3. The van der Waals surface area contributed by atoms with Crippen molar-refractivity contribution in [3.8, 4) is 11.4 Å². The number of aromatic nitrogens is 4. The van der Waals surface area contributed by atoms with Crippen LogP contribution < -0.4 is 16.2 Å². The van der Waals surface area contributed by atoms with Crippen LogP contribution in [0.15, 0.2) is 54.0 Å². The molecule has 160 valence electrons. The maximum absolute atomic E-state index is 12.6. The zero-order chi connectivity index (χ0) is 22.7. The fourth-order valence-electron chi connectivity index (χ4n) is 2.88. The van der Waals surface area contributed by atoms with E-state index >= 15 is 0 Å². The van der Waals surface area contributed by atoms with Gasteiger partial charge in [0.1, 0.15) is 17.7 Å². The Hall–Kier alpha value is -3.92. The Labute approximate surface area is 177 Å². The van der Waals surface area contributed by atoms with Crippen molar-refractivity contribution >= 4 is 23.4 Å². The van der Waals surface area contributed by atoms with Crippen LogP contribution >= 0.6 is 0 Å². The lowest BCUT2D eigenvalue weighted by molar-refractivity contribution is -0.126. The van der Waals surface area contributed by atoms with E-state index < -0.39 is 29.3 Å². The predicted octanol–water partition coefficient (Wildman–Crippen LogP) is 1.18. The summed E-state index contributed by atoms with van der Waals surface area (Å²) in [5, 5.41) is 0. The van der Waals surface area contributed by atoms with E-state index in [9.17, 15) is 19.2 Å². The summed E-state index contributed by atoms with van der Waals surface area (Å²) in [6, 6.07) is 5.52. The van der Waals surface area contributed by atoms with E-state index in [0.29, 0.717) is 11.3 Å². The molecule has 1 atom stereocenters. The van der Waals surface area contributed by atoms with Crippen molar-refractivity contribution in [1.82, 2.24) is 19.5 Å². The van der Waals surface area contributed by atoms with E-state index in [0.717, 1.165) is 4.90 Å². The number of rotatable bonds is 5. The first kappa shape index (κ1) is 21.8. The van der Waals surface area contributed by atoms with Crippen LogP contribution in [0.1, 0.15) is 31.1 Å². The predicted molar refractivity (Wildman–Crippen MR) is 113 cm³/mol. The van der Waals surface area contributed by atoms with Gasteiger partial charge < -0.3 is 10.7 Å². The van der Waals surface area contributed by atoms with Gasteiger partial charge in [0, 0.05) is 31.1 Å². The van der Waals surface area contributed by atoms with Gasteiger partial charge in [-0.25, -0.2) is 14.9 Å². The number of aromatic amines is 1. The Morgan fingerprint density at radius 3 is 2.35 bits per heavy atom. The average molecular weight is 422 g/mol. The van der Waals surface area contributed by atoms with Gasteiger partial charge in [0.15, 0.2) is 0 Å². The lowest BCUT2D eigenvalue weighted by atomic mass is 10.0. The molecule has 31 heavy (non-hydrogen) atoms. The second-order valence-corrected chi connectivity index (χ2v) is 7.26. The number of benzene rings is 1. The molecule has 2 aromatic heterocycles. The lowest BCUT2D eigenvalue weighted by Crippen LogP contribution is -2.48. The van der Waals surface area contributed by atoms with Crippen LogP contribution in [0.3, 0.4) is 0 Å². The Balaban J connectivity index is 1.88. The first-order valence-corrected chi connectivity index (χ1v) is 9.53. The largest absolute Gasteiger partial charge is 0.320 e. The molecule has 0 aliphatic heterocycles. The number of imidazole rings is 1. The highest BCUT2D eigenvalue weighted by atomic mass is 16.2. The van der Waals surface area contributed by atoms with Crippen molar-refractivity contribution in [3.05, 3.63) is 65.1 Å². The Kier molecular flexibility index (Phi) is 6.21. The van der Waals surface area contributed by atoms with Crippen molar-refractivity contribution in [2.45, 2.75) is 26.8 Å². The van der Waals surface area contributed by atoms with E-state index in [-0.39, 0.29) is 17.3 Å². The molecule has 0 aliphatic rings. The lowest BCUT2D eigenvalue weighted by Gasteiger charge is -2.24. The summed E-state index contributed by atoms with van der Waals surface area (Å²) in [6.45, 7) is 4.88. The molecular weight excluding hydrogens is 400 g/mol. The molecule has 0 bridgehead atoms. The van der Waals surface area contributed by atoms with Crippen LogP contribution in [0.25, 0.3) is 11.4 Å². The highest BCUT2D eigenvalue weighted by Crippen LogP contribution is 2.22. The number of hydrogen-bond acceptors (Lipinski definition) is 7. The van der Waals surface area contributed by atoms with E-state index in [1.54, 1.807) is 38.1 Å². The number of imide groups is 1. The summed E-state index contributed by atoms with van der Waals surface area (Å²) in [4.78, 5) is 60.9. The fraction of sp³-hybridized carbons (Fsp3) is 0.238. The van der Waals surface area contributed by atoms with E-state index in [4.69, 9.17) is 5.73 Å². The highest BCUT2D eigenvalue weighted by Gasteiger charge is 2.27. The van der Waals surface area contributed by atoms with E-state index in [2.05, 4.69) is 15.0 Å². The number of anilines is 1. The third kappa shape index (κ3) is 4.48. The minimum atomic E-state index is -0.817. The molecule has 10 nitrogen and oxygen atoms in total. The molecule has 0 spiro atoms. The molecule has 1 aromatic carbocycles. The zero-order valence-corrected chi connectivity index (χ0v) is 17.3. The number of H-pyrrole nitrogens is 1. The third-order valence-electron chi connectivity index (χ3n) is 4.71. The first-order valence-electron chi connectivity index (χ1n) is 9.53. The molecule has 2 heterocycles. The smallest absolute Gasteiger partial charge is 0.270 e. The molecule has 3 aromatic rings. The van der Waals surface area contributed by atoms with Gasteiger partial charge in [0.2, 0.25) is 5.91 Å². The van der Waals surface area contributed by atoms with Crippen LogP contribution in [-0.2, 0) is 9.59 Å². The molecule has 0 fully saturated rings. The van der Waals surface area contributed by atoms with Crippen molar-refractivity contribution in [2.24, 2.45) is 11.7 Å². The van der Waals surface area contributed by atoms with E-state index in [1.807, 2.05) is 0 Å². The first-order chi connectivity index (χ1) is 14.7. The summed E-state index contributed by atoms with van der Waals surface area (Å²) < 4.78 is 1.18. The van der Waals surface area contributed by atoms with Gasteiger partial charge in [0.05, 0.1) is 11.7 Å². The highest BCUT2D eigenvalue weighted by molar-refractivity contribution is 6.15. The molecule has 3 rings (SSSR count). The van der Waals surface area contributed by atoms with Crippen LogP contribution in [0.5, 0.6) is 0 Å². The number of nitrogens with two attached hydrogens (primary N) is 1. The normalized spacial score (nSPS) is 11.9. The number of nitrogens with one attached hydrogen (secondary N) is 1. The minimum Gasteiger partial charge on any atom is -0.320 e. The summed E-state index contributed by atoms with van der Waals surface area (Å²) >= 11 is 0. The maximum atomic E-state index is 12.6. The molecule has 0 unspecified atom stereocenters. The van der Waals surface area contributed by atoms with Crippen molar-refractivity contribution in [1.29, 1.82) is 0 Å². The molecule has 2 amide bonds. The van der Waals surface area contributed by atoms with Gasteiger partial charge in [-0.2, -0.15) is 0 Å². The number of carbonyl (C=O) groups is 3. The zero-order valence-electron chi connectivity index (χ0n) is 17.3. The van der Waals surface area contributed by atoms with Crippen molar-refractivity contribution in [2.75, 3.05) is 4.90 Å². The monoisotopic (exact) mass is 422 g/mol. The number of hydrogen-bond donors (Lipinski definition) is 2.